The van der Waals surface area contributed by atoms with E-state index in [-0.39, 0.29) is 6.54 Å². The molecular weight excluding hydrogens is 339 g/mol. The second kappa shape index (κ2) is 6.30. The predicted octanol–water partition coefficient (Wildman–Crippen LogP) is 2.57. The number of carbonyl (C=O) groups excluding carboxylic acids is 1. The third kappa shape index (κ3) is 3.40. The van der Waals surface area contributed by atoms with Crippen LogP contribution in [0.3, 0.4) is 0 Å². The lowest BCUT2D eigenvalue weighted by molar-refractivity contribution is -0.187. The number of nitrogens with one attached hydrogen (secondary N) is 2. The van der Waals surface area contributed by atoms with Crippen LogP contribution in [-0.4, -0.2) is 46.3 Å². The topological polar surface area (TPSA) is 85.4 Å². The normalized spacial score (nSPS) is 20.8. The molecule has 0 unspecified atom stereocenters. The molecule has 0 aliphatic carbocycles. The van der Waals surface area contributed by atoms with Crippen molar-refractivity contribution >= 4 is 22.9 Å². The molecule has 1 aromatic heterocycles. The van der Waals surface area contributed by atoms with Gasteiger partial charge in [-0.2, -0.15) is 13.2 Å². The second-order valence-electron chi connectivity index (χ2n) is 6.02. The van der Waals surface area contributed by atoms with Crippen molar-refractivity contribution in [2.24, 2.45) is 11.8 Å². The monoisotopic (exact) mass is 355 g/mol. The lowest BCUT2D eigenvalue weighted by Crippen LogP contribution is -2.39. The van der Waals surface area contributed by atoms with Crippen LogP contribution < -0.4 is 5.32 Å². The van der Waals surface area contributed by atoms with Crippen LogP contribution in [0.5, 0.6) is 0 Å². The quantitative estimate of drug-likeness (QED) is 0.791. The number of aromatic nitrogens is 1. The van der Waals surface area contributed by atoms with E-state index in [9.17, 15) is 22.8 Å². The van der Waals surface area contributed by atoms with Crippen molar-refractivity contribution in [3.05, 3.63) is 36.0 Å². The largest absolute Gasteiger partial charge is 0.481 e. The maximum atomic E-state index is 13.0. The summed E-state index contributed by atoms with van der Waals surface area (Å²) < 4.78 is 38.9. The van der Waals surface area contributed by atoms with E-state index in [0.717, 1.165) is 21.4 Å². The zero-order chi connectivity index (χ0) is 18.2. The number of likely N-dealkylation sites (tertiary alicyclic amines) is 1. The maximum Gasteiger partial charge on any atom is 0.394 e. The van der Waals surface area contributed by atoms with Crippen LogP contribution >= 0.6 is 0 Å². The number of halogens is 3. The number of urea groups is 1. The number of carboxylic acids is 1. The highest BCUT2D eigenvalue weighted by Gasteiger charge is 2.53. The third-order valence-corrected chi connectivity index (χ3v) is 4.45. The van der Waals surface area contributed by atoms with Gasteiger partial charge in [-0.1, -0.05) is 18.2 Å². The number of hydrogen-bond acceptors (Lipinski definition) is 2. The third-order valence-electron chi connectivity index (χ3n) is 4.45. The molecule has 3 N–H and O–H groups in total. The Morgan fingerprint density at radius 2 is 2.04 bits per heavy atom. The smallest absolute Gasteiger partial charge is 0.394 e. The van der Waals surface area contributed by atoms with E-state index < -0.39 is 43.1 Å². The number of benzene rings is 1. The van der Waals surface area contributed by atoms with E-state index in [1.54, 1.807) is 12.3 Å². The summed E-state index contributed by atoms with van der Waals surface area (Å²) in [5.74, 6) is -5.24. The number of amides is 2. The molecule has 0 radical (unpaired) electrons. The average molecular weight is 355 g/mol. The number of aliphatic carboxylic acids is 1. The Morgan fingerprint density at radius 3 is 2.68 bits per heavy atom. The Balaban J connectivity index is 1.67. The minimum Gasteiger partial charge on any atom is -0.481 e. The van der Waals surface area contributed by atoms with Crippen molar-refractivity contribution in [2.75, 3.05) is 13.1 Å². The Kier molecular flexibility index (Phi) is 4.32. The molecule has 1 saturated heterocycles. The average Bonchev–Trinajstić information content (AvgIpc) is 3.18. The fourth-order valence-electron chi connectivity index (χ4n) is 3.13. The number of hydrogen-bond donors (Lipinski definition) is 3. The number of carboxylic acid groups (broad SMARTS) is 1. The number of carbonyl (C=O) groups is 2. The lowest BCUT2D eigenvalue weighted by atomic mass is 9.96. The first-order chi connectivity index (χ1) is 11.8. The Morgan fingerprint density at radius 1 is 1.28 bits per heavy atom. The first-order valence-corrected chi connectivity index (χ1v) is 7.64. The zero-order valence-corrected chi connectivity index (χ0v) is 13.0. The minimum atomic E-state index is -4.66. The summed E-state index contributed by atoms with van der Waals surface area (Å²) in [6.45, 7) is -0.987. The van der Waals surface area contributed by atoms with E-state index >= 15 is 0 Å². The van der Waals surface area contributed by atoms with Crippen molar-refractivity contribution < 1.29 is 27.9 Å². The van der Waals surface area contributed by atoms with Crippen molar-refractivity contribution in [1.29, 1.82) is 0 Å². The van der Waals surface area contributed by atoms with Gasteiger partial charge in [-0.15, -0.1) is 0 Å². The fourth-order valence-corrected chi connectivity index (χ4v) is 3.13. The Labute approximate surface area is 140 Å². The molecule has 1 fully saturated rings. The molecule has 0 spiro atoms. The highest BCUT2D eigenvalue weighted by atomic mass is 19.4. The Bertz CT molecular complexity index is 803. The first kappa shape index (κ1) is 17.1. The van der Waals surface area contributed by atoms with Crippen molar-refractivity contribution in [3.63, 3.8) is 0 Å². The lowest BCUT2D eigenvalue weighted by Gasteiger charge is -2.18. The molecule has 6 nitrogen and oxygen atoms in total. The molecule has 1 aromatic carbocycles. The van der Waals surface area contributed by atoms with Crippen LogP contribution in [-0.2, 0) is 11.3 Å². The van der Waals surface area contributed by atoms with Crippen molar-refractivity contribution in [1.82, 2.24) is 15.2 Å². The zero-order valence-electron chi connectivity index (χ0n) is 13.0. The molecule has 1 aliphatic heterocycles. The molecule has 9 heteroatoms. The summed E-state index contributed by atoms with van der Waals surface area (Å²) in [5.41, 5.74) is 1.62. The van der Waals surface area contributed by atoms with Gasteiger partial charge in [0, 0.05) is 25.8 Å². The SMILES string of the molecule is O=C(O)[C@@H]1CN(C(=O)NCc2cccc3cc[nH]c23)C[C@H]1C(F)(F)F. The number of alkyl halides is 3. The van der Waals surface area contributed by atoms with Crippen LogP contribution in [0.2, 0.25) is 0 Å². The summed E-state index contributed by atoms with van der Waals surface area (Å²) in [4.78, 5) is 27.2. The van der Waals surface area contributed by atoms with Gasteiger partial charge in [0.15, 0.2) is 0 Å². The summed E-state index contributed by atoms with van der Waals surface area (Å²) in [6.07, 6.45) is -2.91. The van der Waals surface area contributed by atoms with E-state index in [4.69, 9.17) is 5.11 Å². The van der Waals surface area contributed by atoms with Gasteiger partial charge in [0.05, 0.1) is 17.4 Å². The van der Waals surface area contributed by atoms with Gasteiger partial charge in [0.2, 0.25) is 0 Å². The number of para-hydroxylation sites is 1. The van der Waals surface area contributed by atoms with E-state index in [1.165, 1.54) is 0 Å². The van der Waals surface area contributed by atoms with E-state index in [0.29, 0.717) is 0 Å². The maximum absolute atomic E-state index is 13.0. The van der Waals surface area contributed by atoms with E-state index in [1.807, 2.05) is 18.2 Å². The van der Waals surface area contributed by atoms with Gasteiger partial charge in [-0.05, 0) is 17.0 Å². The molecular formula is C16H16F3N3O3. The standard InChI is InChI=1S/C16H16F3N3O3/c17-16(18,19)12-8-22(7-11(12)14(23)24)15(25)21-6-10-3-1-2-9-4-5-20-13(9)10/h1-5,11-12,20H,6-8H2,(H,21,25)(H,23,24)/t11-,12-/m1/s1. The highest BCUT2D eigenvalue weighted by molar-refractivity contribution is 5.83. The number of rotatable bonds is 3. The molecule has 0 saturated carbocycles. The highest BCUT2D eigenvalue weighted by Crippen LogP contribution is 2.37. The summed E-state index contributed by atoms with van der Waals surface area (Å²) in [6, 6.07) is 6.66. The molecule has 134 valence electrons. The molecule has 2 aromatic rings. The van der Waals surface area contributed by atoms with Crippen LogP contribution in [0.15, 0.2) is 30.5 Å². The van der Waals surface area contributed by atoms with Crippen molar-refractivity contribution in [3.8, 4) is 0 Å². The number of fused-ring (bicyclic) bond motifs is 1. The molecule has 2 amide bonds. The van der Waals surface area contributed by atoms with Gasteiger partial charge in [0.25, 0.3) is 0 Å². The molecule has 1 aliphatic rings. The van der Waals surface area contributed by atoms with Gasteiger partial charge in [0.1, 0.15) is 0 Å². The summed E-state index contributed by atoms with van der Waals surface area (Å²) in [7, 11) is 0. The van der Waals surface area contributed by atoms with Crippen LogP contribution in [0.4, 0.5) is 18.0 Å². The van der Waals surface area contributed by atoms with Gasteiger partial charge >= 0.3 is 18.2 Å². The second-order valence-corrected chi connectivity index (χ2v) is 6.02. The van der Waals surface area contributed by atoms with Gasteiger partial charge < -0.3 is 20.3 Å². The van der Waals surface area contributed by atoms with Crippen molar-refractivity contribution in [2.45, 2.75) is 12.7 Å². The van der Waals surface area contributed by atoms with E-state index in [2.05, 4.69) is 10.3 Å². The molecule has 25 heavy (non-hydrogen) atoms. The minimum absolute atomic E-state index is 0.127. The molecule has 2 heterocycles. The number of nitrogens with zero attached hydrogens (tertiary/aromatic N) is 1. The fraction of sp³-hybridized carbons (Fsp3) is 0.375. The predicted molar refractivity (Wildman–Crippen MR) is 82.8 cm³/mol. The summed E-state index contributed by atoms with van der Waals surface area (Å²) >= 11 is 0. The number of H-pyrrole nitrogens is 1. The van der Waals surface area contributed by atoms with Crippen LogP contribution in [0.1, 0.15) is 5.56 Å². The number of aromatic amines is 1. The first-order valence-electron chi connectivity index (χ1n) is 7.64. The Hall–Kier alpha value is -2.71. The van der Waals surface area contributed by atoms with Crippen LogP contribution in [0.25, 0.3) is 10.9 Å². The van der Waals surface area contributed by atoms with Crippen LogP contribution in [0, 0.1) is 11.8 Å². The summed E-state index contributed by atoms with van der Waals surface area (Å²) in [5, 5.41) is 12.5. The molecule has 0 bridgehead atoms. The molecule has 3 rings (SSSR count). The molecule has 2 atom stereocenters. The van der Waals surface area contributed by atoms with Gasteiger partial charge in [-0.3, -0.25) is 4.79 Å². The van der Waals surface area contributed by atoms with Gasteiger partial charge in [-0.25, -0.2) is 4.79 Å².